The first-order chi connectivity index (χ1) is 13.9. The van der Waals surface area contributed by atoms with Crippen LogP contribution in [0.2, 0.25) is 0 Å². The summed E-state index contributed by atoms with van der Waals surface area (Å²) in [5.74, 6) is -1.67. The maximum atomic E-state index is 13.8. The highest BCUT2D eigenvalue weighted by molar-refractivity contribution is 6.09. The molecule has 0 amide bonds. The number of unbranched alkanes of at least 4 members (excludes halogenated alkanes) is 2. The second kappa shape index (κ2) is 15.2. The first-order valence-corrected chi connectivity index (χ1v) is 8.51. The molecular weight excluding hydrogens is 381 g/mol. The van der Waals surface area contributed by atoms with E-state index in [4.69, 9.17) is 16.6 Å². The smallest absolute Gasteiger partial charge is 0.288 e. The number of nitrogens with one attached hydrogen (secondary N) is 2. The summed E-state index contributed by atoms with van der Waals surface area (Å²) >= 11 is 0. The standard InChI is InChI=1S/C13H8FNO3.C5H11N3.H2N3/c14-12-10(7-4-8-11(12)15(17)18)13(16)9-5-2-1-3-6-9;1-2-3-4-5-7-8-6;1-3-2/h1-8H;2-5H2,1H3;1-2H/q;;+1. The Bertz CT molecular complexity index is 878. The van der Waals surface area contributed by atoms with Crippen molar-refractivity contribution in [3.63, 3.8) is 0 Å². The number of benzene rings is 2. The summed E-state index contributed by atoms with van der Waals surface area (Å²) in [6.07, 6.45) is 3.38. The summed E-state index contributed by atoms with van der Waals surface area (Å²) in [6, 6.07) is 11.6. The molecule has 0 aliphatic rings. The fraction of sp³-hybridized carbons (Fsp3) is 0.278. The zero-order valence-electron chi connectivity index (χ0n) is 15.8. The molecule has 0 aliphatic heterocycles. The number of nitro groups is 1. The molecule has 10 nitrogen and oxygen atoms in total. The van der Waals surface area contributed by atoms with Gasteiger partial charge in [-0.2, -0.15) is 4.39 Å². The van der Waals surface area contributed by atoms with E-state index in [9.17, 15) is 19.3 Å². The lowest BCUT2D eigenvalue weighted by Gasteiger charge is -2.02. The van der Waals surface area contributed by atoms with Gasteiger partial charge in [0.1, 0.15) is 11.1 Å². The van der Waals surface area contributed by atoms with Gasteiger partial charge in [0.2, 0.25) is 10.7 Å². The van der Waals surface area contributed by atoms with Gasteiger partial charge in [0.25, 0.3) is 0 Å². The highest BCUT2D eigenvalue weighted by Gasteiger charge is 2.22. The molecule has 0 atom stereocenters. The zero-order valence-corrected chi connectivity index (χ0v) is 15.8. The van der Waals surface area contributed by atoms with Crippen LogP contribution in [0.4, 0.5) is 10.1 Å². The second-order valence-electron chi connectivity index (χ2n) is 5.36. The van der Waals surface area contributed by atoms with Gasteiger partial charge in [-0.15, -0.1) is 0 Å². The molecule has 2 aromatic rings. The van der Waals surface area contributed by atoms with Gasteiger partial charge in [0.05, 0.1) is 10.5 Å². The third kappa shape index (κ3) is 9.53. The number of nitro benzene ring substituents is 1. The number of ketones is 1. The monoisotopic (exact) mass is 402 g/mol. The summed E-state index contributed by atoms with van der Waals surface area (Å²) in [7, 11) is 0. The van der Waals surface area contributed by atoms with Crippen LogP contribution in [-0.2, 0) is 0 Å². The van der Waals surface area contributed by atoms with E-state index in [2.05, 4.69) is 16.9 Å². The fourth-order valence-electron chi connectivity index (χ4n) is 2.06. The number of carbonyl (C=O) groups is 1. The molecule has 0 heterocycles. The van der Waals surface area contributed by atoms with E-state index in [1.165, 1.54) is 37.1 Å². The molecule has 0 spiro atoms. The van der Waals surface area contributed by atoms with Crippen molar-refractivity contribution in [3.8, 4) is 0 Å². The van der Waals surface area contributed by atoms with Crippen LogP contribution in [0.3, 0.4) is 0 Å². The van der Waals surface area contributed by atoms with Crippen molar-refractivity contribution in [2.24, 2.45) is 5.11 Å². The first kappa shape index (κ1) is 25.1. The Hall–Kier alpha value is -3.94. The number of carbonyl (C=O) groups excluding carboxylic acids is 1. The van der Waals surface area contributed by atoms with Gasteiger partial charge in [-0.3, -0.25) is 14.9 Å². The van der Waals surface area contributed by atoms with Crippen molar-refractivity contribution in [2.75, 3.05) is 6.54 Å². The molecule has 2 N–H and O–H groups in total. The Kier molecular flexibility index (Phi) is 13.1. The van der Waals surface area contributed by atoms with Gasteiger partial charge in [0.15, 0.2) is 5.78 Å². The molecule has 29 heavy (non-hydrogen) atoms. The van der Waals surface area contributed by atoms with Crippen molar-refractivity contribution >= 4 is 11.5 Å². The van der Waals surface area contributed by atoms with Gasteiger partial charge in [-0.1, -0.05) is 61.3 Å². The van der Waals surface area contributed by atoms with Gasteiger partial charge in [-0.05, 0) is 18.0 Å². The van der Waals surface area contributed by atoms with Gasteiger partial charge >= 0.3 is 5.69 Å². The second-order valence-corrected chi connectivity index (χ2v) is 5.36. The zero-order chi connectivity index (χ0) is 22.1. The summed E-state index contributed by atoms with van der Waals surface area (Å²) < 4.78 is 13.8. The minimum absolute atomic E-state index is 0.289. The lowest BCUT2D eigenvalue weighted by atomic mass is 10.0. The van der Waals surface area contributed by atoms with Gasteiger partial charge < -0.3 is 0 Å². The third-order valence-electron chi connectivity index (χ3n) is 3.38. The van der Waals surface area contributed by atoms with E-state index < -0.39 is 22.2 Å². The van der Waals surface area contributed by atoms with Crippen LogP contribution in [0.25, 0.3) is 10.4 Å². The van der Waals surface area contributed by atoms with Crippen molar-refractivity contribution in [1.82, 2.24) is 4.91 Å². The molecule has 0 saturated heterocycles. The van der Waals surface area contributed by atoms with E-state index in [1.54, 1.807) is 18.2 Å². The van der Waals surface area contributed by atoms with Crippen LogP contribution >= 0.6 is 0 Å². The Morgan fingerprint density at radius 3 is 2.31 bits per heavy atom. The van der Waals surface area contributed by atoms with Crippen molar-refractivity contribution in [2.45, 2.75) is 26.2 Å². The predicted octanol–water partition coefficient (Wildman–Crippen LogP) is 5.57. The molecular formula is C18H21FN7O3+. The Morgan fingerprint density at radius 2 is 1.79 bits per heavy atom. The average Bonchev–Trinajstić information content (AvgIpc) is 2.72. The van der Waals surface area contributed by atoms with Gasteiger partial charge in [-0.25, -0.2) is 0 Å². The van der Waals surface area contributed by atoms with Crippen LogP contribution in [0.1, 0.15) is 42.1 Å². The maximum absolute atomic E-state index is 13.8. The highest BCUT2D eigenvalue weighted by atomic mass is 19.1. The highest BCUT2D eigenvalue weighted by Crippen LogP contribution is 2.22. The summed E-state index contributed by atoms with van der Waals surface area (Å²) in [4.78, 5) is 26.3. The fourth-order valence-corrected chi connectivity index (χ4v) is 2.06. The molecule has 0 radical (unpaired) electrons. The largest absolute Gasteiger partial charge is 0.305 e. The summed E-state index contributed by atoms with van der Waals surface area (Å²) in [5.41, 5.74) is 18.1. The molecule has 0 saturated carbocycles. The Labute approximate surface area is 166 Å². The van der Waals surface area contributed by atoms with E-state index in [0.717, 1.165) is 12.5 Å². The molecule has 0 aliphatic carbocycles. The molecule has 2 aromatic carbocycles. The van der Waals surface area contributed by atoms with Crippen LogP contribution in [0.15, 0.2) is 53.6 Å². The number of nitrogens with zero attached hydrogens (tertiary/aromatic N) is 5. The Morgan fingerprint density at radius 1 is 1.17 bits per heavy atom. The number of rotatable bonds is 7. The molecule has 0 fully saturated rings. The normalized spacial score (nSPS) is 8.76. The molecule has 152 valence electrons. The number of hydrogen-bond donors (Lipinski definition) is 2. The number of azide groups is 1. The predicted molar refractivity (Wildman–Crippen MR) is 104 cm³/mol. The molecule has 2 rings (SSSR count). The van der Waals surface area contributed by atoms with Gasteiger partial charge in [0, 0.05) is 23.1 Å². The summed E-state index contributed by atoms with van der Waals surface area (Å²) in [6.45, 7) is 2.78. The van der Waals surface area contributed by atoms with Crippen molar-refractivity contribution in [3.05, 3.63) is 86.0 Å². The van der Waals surface area contributed by atoms with Crippen LogP contribution in [0.5, 0.6) is 0 Å². The number of hydrogen-bond acceptors (Lipinski definition) is 6. The quantitative estimate of drug-likeness (QED) is 0.117. The van der Waals surface area contributed by atoms with Crippen molar-refractivity contribution in [1.29, 1.82) is 11.1 Å². The van der Waals surface area contributed by atoms with E-state index in [0.29, 0.717) is 6.54 Å². The van der Waals surface area contributed by atoms with E-state index >= 15 is 0 Å². The molecule has 0 bridgehead atoms. The topological polar surface area (TPSA) is 171 Å². The molecule has 0 aromatic heterocycles. The van der Waals surface area contributed by atoms with E-state index in [-0.39, 0.29) is 11.1 Å². The maximum Gasteiger partial charge on any atom is 0.305 e. The average molecular weight is 402 g/mol. The SMILES string of the molecule is CCCCCN=[N+]=[N-].N=[N+]=N.O=C(c1ccccc1)c1cccc([N+](=O)[O-])c1F. The van der Waals surface area contributed by atoms with Crippen LogP contribution in [-0.4, -0.2) is 17.3 Å². The lowest BCUT2D eigenvalue weighted by Crippen LogP contribution is -2.06. The first-order valence-electron chi connectivity index (χ1n) is 8.51. The van der Waals surface area contributed by atoms with Crippen LogP contribution < -0.4 is 4.91 Å². The lowest BCUT2D eigenvalue weighted by molar-refractivity contribution is -0.387. The number of halogens is 1. The third-order valence-corrected chi connectivity index (χ3v) is 3.38. The minimum atomic E-state index is -1.10. The molecule has 0 unspecified atom stereocenters. The molecule has 11 heteroatoms. The summed E-state index contributed by atoms with van der Waals surface area (Å²) in [5, 5.41) is 14.0. The minimum Gasteiger partial charge on any atom is -0.288 e. The van der Waals surface area contributed by atoms with Crippen LogP contribution in [0, 0.1) is 27.0 Å². The van der Waals surface area contributed by atoms with E-state index in [1.807, 2.05) is 4.91 Å². The van der Waals surface area contributed by atoms with Crippen molar-refractivity contribution < 1.29 is 14.1 Å². The Balaban J connectivity index is 0.000000599.